The lowest BCUT2D eigenvalue weighted by molar-refractivity contribution is -0.119. The molecule has 2 fully saturated rings. The average Bonchev–Trinajstić information content (AvgIpc) is 2.52. The molecule has 0 radical (unpaired) electrons. The molecule has 10 heavy (non-hydrogen) atoms. The highest BCUT2D eigenvalue weighted by molar-refractivity contribution is 5.73. The van der Waals surface area contributed by atoms with Crippen molar-refractivity contribution in [1.82, 2.24) is 5.32 Å². The summed E-state index contributed by atoms with van der Waals surface area (Å²) in [6.07, 6.45) is 3.03. The van der Waals surface area contributed by atoms with E-state index in [4.69, 9.17) is 4.74 Å². The average molecular weight is 141 g/mol. The van der Waals surface area contributed by atoms with Crippen LogP contribution in [0.25, 0.3) is 0 Å². The highest BCUT2D eigenvalue weighted by Crippen LogP contribution is 2.38. The molecule has 1 saturated heterocycles. The summed E-state index contributed by atoms with van der Waals surface area (Å²) in [6.45, 7) is 1.55. The van der Waals surface area contributed by atoms with E-state index in [-0.39, 0.29) is 5.91 Å². The van der Waals surface area contributed by atoms with Crippen LogP contribution in [0.2, 0.25) is 0 Å². The molecule has 1 aliphatic heterocycles. The van der Waals surface area contributed by atoms with E-state index >= 15 is 0 Å². The second-order valence-electron chi connectivity index (χ2n) is 3.02. The molecule has 3 nitrogen and oxygen atoms in total. The summed E-state index contributed by atoms with van der Waals surface area (Å²) >= 11 is 0. The van der Waals surface area contributed by atoms with Crippen molar-refractivity contribution in [3.05, 3.63) is 0 Å². The van der Waals surface area contributed by atoms with Crippen molar-refractivity contribution in [2.75, 3.05) is 0 Å². The van der Waals surface area contributed by atoms with E-state index in [2.05, 4.69) is 5.32 Å². The van der Waals surface area contributed by atoms with Crippen LogP contribution in [-0.2, 0) is 9.53 Å². The van der Waals surface area contributed by atoms with Gasteiger partial charge in [-0.15, -0.1) is 0 Å². The lowest BCUT2D eigenvalue weighted by Gasteiger charge is -2.09. The van der Waals surface area contributed by atoms with Gasteiger partial charge in [-0.3, -0.25) is 4.79 Å². The Balaban J connectivity index is 1.88. The SMILES string of the molecule is CC(=O)N[C@@H]1CC[C@@H]2O[C@@H]21. The fourth-order valence-corrected chi connectivity index (χ4v) is 1.67. The van der Waals surface area contributed by atoms with Crippen LogP contribution >= 0.6 is 0 Å². The number of fused-ring (bicyclic) bond motifs is 1. The second kappa shape index (κ2) is 1.95. The van der Waals surface area contributed by atoms with E-state index < -0.39 is 0 Å². The van der Waals surface area contributed by atoms with Crippen LogP contribution in [0, 0.1) is 0 Å². The van der Waals surface area contributed by atoms with E-state index in [9.17, 15) is 4.79 Å². The summed E-state index contributed by atoms with van der Waals surface area (Å²) in [4.78, 5) is 10.6. The third-order valence-corrected chi connectivity index (χ3v) is 2.17. The van der Waals surface area contributed by atoms with Crippen LogP contribution in [0.3, 0.4) is 0 Å². The molecule has 1 heterocycles. The standard InChI is InChI=1S/C7H11NO2/c1-4(9)8-5-2-3-6-7(5)10-6/h5-7H,2-3H2,1H3,(H,8,9)/t5-,6+,7-/m1/s1. The first-order valence-electron chi connectivity index (χ1n) is 3.70. The number of rotatable bonds is 1. The molecule has 1 amide bonds. The summed E-state index contributed by atoms with van der Waals surface area (Å²) in [5.74, 6) is 0.0566. The van der Waals surface area contributed by atoms with Gasteiger partial charge in [0.25, 0.3) is 0 Å². The lowest BCUT2D eigenvalue weighted by atomic mass is 10.2. The van der Waals surface area contributed by atoms with Crippen LogP contribution in [0.5, 0.6) is 0 Å². The molecule has 0 unspecified atom stereocenters. The van der Waals surface area contributed by atoms with E-state index in [1.165, 1.54) is 0 Å². The van der Waals surface area contributed by atoms with Gasteiger partial charge in [-0.25, -0.2) is 0 Å². The Hall–Kier alpha value is -0.570. The Bertz CT molecular complexity index is 169. The summed E-state index contributed by atoms with van der Waals surface area (Å²) in [6, 6.07) is 0.308. The van der Waals surface area contributed by atoms with Crippen LogP contribution in [0.15, 0.2) is 0 Å². The van der Waals surface area contributed by atoms with Crippen molar-refractivity contribution in [3.8, 4) is 0 Å². The number of hydrogen-bond donors (Lipinski definition) is 1. The highest BCUT2D eigenvalue weighted by Gasteiger charge is 2.50. The lowest BCUT2D eigenvalue weighted by Crippen LogP contribution is -2.35. The predicted octanol–water partition coefficient (Wildman–Crippen LogP) is 0.0523. The fourth-order valence-electron chi connectivity index (χ4n) is 1.67. The Labute approximate surface area is 59.7 Å². The molecule has 2 aliphatic rings. The molecule has 56 valence electrons. The van der Waals surface area contributed by atoms with Gasteiger partial charge in [-0.1, -0.05) is 0 Å². The number of carbonyl (C=O) groups is 1. The smallest absolute Gasteiger partial charge is 0.217 e. The zero-order valence-corrected chi connectivity index (χ0v) is 5.96. The van der Waals surface area contributed by atoms with E-state index in [0.29, 0.717) is 18.2 Å². The quantitative estimate of drug-likeness (QED) is 0.524. The van der Waals surface area contributed by atoms with Crippen LogP contribution in [0.4, 0.5) is 0 Å². The third-order valence-electron chi connectivity index (χ3n) is 2.17. The number of hydrogen-bond acceptors (Lipinski definition) is 2. The van der Waals surface area contributed by atoms with Crippen molar-refractivity contribution < 1.29 is 9.53 Å². The molecular formula is C7H11NO2. The summed E-state index contributed by atoms with van der Waals surface area (Å²) in [5, 5.41) is 2.87. The topological polar surface area (TPSA) is 41.6 Å². The number of nitrogens with one attached hydrogen (secondary N) is 1. The monoisotopic (exact) mass is 141 g/mol. The van der Waals surface area contributed by atoms with E-state index in [0.717, 1.165) is 12.8 Å². The first kappa shape index (κ1) is 6.16. The normalized spacial score (nSPS) is 42.7. The zero-order chi connectivity index (χ0) is 7.14. The van der Waals surface area contributed by atoms with Gasteiger partial charge < -0.3 is 10.1 Å². The predicted molar refractivity (Wildman–Crippen MR) is 35.5 cm³/mol. The van der Waals surface area contributed by atoms with Gasteiger partial charge in [0.2, 0.25) is 5.91 Å². The number of carbonyl (C=O) groups excluding carboxylic acids is 1. The van der Waals surface area contributed by atoms with Crippen molar-refractivity contribution in [2.45, 2.75) is 38.0 Å². The van der Waals surface area contributed by atoms with Crippen molar-refractivity contribution >= 4 is 5.91 Å². The Morgan fingerprint density at radius 1 is 1.60 bits per heavy atom. The van der Waals surface area contributed by atoms with Crippen molar-refractivity contribution in [2.24, 2.45) is 0 Å². The second-order valence-corrected chi connectivity index (χ2v) is 3.02. The molecule has 3 atom stereocenters. The molecule has 2 rings (SSSR count). The van der Waals surface area contributed by atoms with Crippen LogP contribution < -0.4 is 5.32 Å². The van der Waals surface area contributed by atoms with Gasteiger partial charge in [-0.2, -0.15) is 0 Å². The Kier molecular flexibility index (Phi) is 1.20. The van der Waals surface area contributed by atoms with Crippen molar-refractivity contribution in [1.29, 1.82) is 0 Å². The van der Waals surface area contributed by atoms with Crippen LogP contribution in [-0.4, -0.2) is 24.2 Å². The van der Waals surface area contributed by atoms with Gasteiger partial charge in [0.15, 0.2) is 0 Å². The van der Waals surface area contributed by atoms with Gasteiger partial charge >= 0.3 is 0 Å². The summed E-state index contributed by atoms with van der Waals surface area (Å²) in [5.41, 5.74) is 0. The summed E-state index contributed by atoms with van der Waals surface area (Å²) in [7, 11) is 0. The van der Waals surface area contributed by atoms with Crippen LogP contribution in [0.1, 0.15) is 19.8 Å². The van der Waals surface area contributed by atoms with Gasteiger partial charge in [-0.05, 0) is 12.8 Å². The van der Waals surface area contributed by atoms with Gasteiger partial charge in [0.1, 0.15) is 6.10 Å². The maximum atomic E-state index is 10.6. The maximum absolute atomic E-state index is 10.6. The number of amides is 1. The van der Waals surface area contributed by atoms with Gasteiger partial charge in [0, 0.05) is 6.92 Å². The zero-order valence-electron chi connectivity index (χ0n) is 5.96. The van der Waals surface area contributed by atoms with Crippen molar-refractivity contribution in [3.63, 3.8) is 0 Å². The molecule has 3 heteroatoms. The summed E-state index contributed by atoms with van der Waals surface area (Å²) < 4.78 is 5.25. The van der Waals surface area contributed by atoms with E-state index in [1.54, 1.807) is 6.92 Å². The minimum absolute atomic E-state index is 0.0566. The maximum Gasteiger partial charge on any atom is 0.217 e. The molecule has 0 bridgehead atoms. The minimum atomic E-state index is 0.0566. The highest BCUT2D eigenvalue weighted by atomic mass is 16.6. The fraction of sp³-hybridized carbons (Fsp3) is 0.857. The Morgan fingerprint density at radius 2 is 2.40 bits per heavy atom. The molecule has 1 aliphatic carbocycles. The molecule has 0 spiro atoms. The first-order chi connectivity index (χ1) is 4.77. The Morgan fingerprint density at radius 3 is 2.80 bits per heavy atom. The minimum Gasteiger partial charge on any atom is -0.367 e. The molecule has 0 aromatic heterocycles. The third kappa shape index (κ3) is 0.904. The molecule has 0 aromatic carbocycles. The number of ether oxygens (including phenoxy) is 1. The van der Waals surface area contributed by atoms with E-state index in [1.807, 2.05) is 0 Å². The number of epoxide rings is 1. The molecule has 1 saturated carbocycles. The molecule has 0 aromatic rings. The molecular weight excluding hydrogens is 130 g/mol. The van der Waals surface area contributed by atoms with Gasteiger partial charge in [0.05, 0.1) is 12.1 Å². The molecule has 1 N–H and O–H groups in total. The largest absolute Gasteiger partial charge is 0.367 e. The first-order valence-corrected chi connectivity index (χ1v) is 3.70.